The highest BCUT2D eigenvalue weighted by Gasteiger charge is 2.26. The summed E-state index contributed by atoms with van der Waals surface area (Å²) in [6.45, 7) is 3.02. The van der Waals surface area contributed by atoms with E-state index in [1.54, 1.807) is 36.2 Å². The molecule has 5 nitrogen and oxygen atoms in total. The summed E-state index contributed by atoms with van der Waals surface area (Å²) in [4.78, 5) is 18.9. The van der Waals surface area contributed by atoms with Gasteiger partial charge in [0.05, 0.1) is 10.5 Å². The van der Waals surface area contributed by atoms with Crippen LogP contribution in [0.1, 0.15) is 19.8 Å². The highest BCUT2D eigenvalue weighted by atomic mass is 35.5. The van der Waals surface area contributed by atoms with Gasteiger partial charge in [-0.2, -0.15) is 0 Å². The summed E-state index contributed by atoms with van der Waals surface area (Å²) in [5, 5.41) is 1.20. The SMILES string of the molecule is C[C@@H](Oc1ccc2c(-c3ccc(F)cc3Cl)ccnc2c1)C(=O)N1CCC[C@H](N)C1.Cl. The number of aromatic nitrogens is 1. The van der Waals surface area contributed by atoms with Gasteiger partial charge in [-0.1, -0.05) is 11.6 Å². The Morgan fingerprint density at radius 1 is 1.26 bits per heavy atom. The molecule has 0 bridgehead atoms. The molecule has 164 valence electrons. The zero-order chi connectivity index (χ0) is 21.3. The van der Waals surface area contributed by atoms with Crippen molar-refractivity contribution in [1.82, 2.24) is 9.88 Å². The third-order valence-electron chi connectivity index (χ3n) is 5.37. The number of hydrogen-bond acceptors (Lipinski definition) is 4. The maximum Gasteiger partial charge on any atom is 0.263 e. The molecule has 0 saturated carbocycles. The van der Waals surface area contributed by atoms with Crippen LogP contribution < -0.4 is 10.5 Å². The lowest BCUT2D eigenvalue weighted by atomic mass is 10.0. The van der Waals surface area contributed by atoms with E-state index in [0.717, 1.165) is 29.4 Å². The number of nitrogens with two attached hydrogens (primary N) is 1. The molecule has 0 spiro atoms. The van der Waals surface area contributed by atoms with Gasteiger partial charge in [0.1, 0.15) is 11.6 Å². The molecule has 1 aromatic heterocycles. The number of rotatable bonds is 4. The first-order valence-corrected chi connectivity index (χ1v) is 10.4. The quantitative estimate of drug-likeness (QED) is 0.601. The van der Waals surface area contributed by atoms with Crippen molar-refractivity contribution < 1.29 is 13.9 Å². The molecular formula is C23H24Cl2FN3O2. The van der Waals surface area contributed by atoms with E-state index < -0.39 is 6.10 Å². The fraction of sp³-hybridized carbons (Fsp3) is 0.304. The Bertz CT molecular complexity index is 1100. The number of nitrogens with zero attached hydrogens (tertiary/aromatic N) is 2. The van der Waals surface area contributed by atoms with Crippen LogP contribution >= 0.6 is 24.0 Å². The van der Waals surface area contributed by atoms with Crippen LogP contribution in [0.5, 0.6) is 5.75 Å². The molecule has 1 aliphatic rings. The van der Waals surface area contributed by atoms with Crippen LogP contribution in [0.15, 0.2) is 48.7 Å². The summed E-state index contributed by atoms with van der Waals surface area (Å²) >= 11 is 6.25. The summed E-state index contributed by atoms with van der Waals surface area (Å²) in [6, 6.07) is 11.7. The second kappa shape index (κ2) is 9.81. The van der Waals surface area contributed by atoms with Crippen LogP contribution in [-0.2, 0) is 4.79 Å². The number of benzene rings is 2. The molecule has 2 N–H and O–H groups in total. The second-order valence-corrected chi connectivity index (χ2v) is 8.02. The van der Waals surface area contributed by atoms with Crippen LogP contribution in [0.3, 0.4) is 0 Å². The van der Waals surface area contributed by atoms with Gasteiger partial charge < -0.3 is 15.4 Å². The number of ether oxygens (including phenoxy) is 1. The second-order valence-electron chi connectivity index (χ2n) is 7.61. The molecular weight excluding hydrogens is 440 g/mol. The molecule has 3 aromatic rings. The molecule has 0 aliphatic carbocycles. The molecule has 0 radical (unpaired) electrons. The largest absolute Gasteiger partial charge is 0.481 e. The number of carbonyl (C=O) groups is 1. The number of pyridine rings is 1. The molecule has 2 aromatic carbocycles. The Kier molecular flexibility index (Phi) is 7.36. The number of amides is 1. The van der Waals surface area contributed by atoms with Gasteiger partial charge in [0, 0.05) is 42.3 Å². The smallest absolute Gasteiger partial charge is 0.263 e. The first-order valence-electron chi connectivity index (χ1n) is 9.97. The van der Waals surface area contributed by atoms with E-state index >= 15 is 0 Å². The van der Waals surface area contributed by atoms with Gasteiger partial charge in [0.25, 0.3) is 5.91 Å². The Balaban J connectivity index is 0.00000272. The van der Waals surface area contributed by atoms with Crippen LogP contribution in [0.2, 0.25) is 5.02 Å². The highest BCUT2D eigenvalue weighted by Crippen LogP contribution is 2.34. The third-order valence-corrected chi connectivity index (χ3v) is 5.68. The lowest BCUT2D eigenvalue weighted by molar-refractivity contribution is -0.139. The highest BCUT2D eigenvalue weighted by molar-refractivity contribution is 6.33. The minimum absolute atomic E-state index is 0. The maximum absolute atomic E-state index is 13.4. The van der Waals surface area contributed by atoms with Crippen LogP contribution in [0.4, 0.5) is 4.39 Å². The van der Waals surface area contributed by atoms with E-state index in [-0.39, 0.29) is 30.2 Å². The Morgan fingerprint density at radius 2 is 2.06 bits per heavy atom. The van der Waals surface area contributed by atoms with Crippen molar-refractivity contribution in [3.05, 3.63) is 59.5 Å². The Hall–Kier alpha value is -2.41. The first-order chi connectivity index (χ1) is 14.4. The predicted octanol–water partition coefficient (Wildman–Crippen LogP) is 4.83. The summed E-state index contributed by atoms with van der Waals surface area (Å²) in [6.07, 6.45) is 2.90. The summed E-state index contributed by atoms with van der Waals surface area (Å²) in [5.41, 5.74) is 8.26. The number of carbonyl (C=O) groups excluding carboxylic acids is 1. The van der Waals surface area contributed by atoms with Crippen molar-refractivity contribution in [1.29, 1.82) is 0 Å². The average Bonchev–Trinajstić information content (AvgIpc) is 2.73. The van der Waals surface area contributed by atoms with E-state index in [2.05, 4.69) is 4.98 Å². The number of likely N-dealkylation sites (tertiary alicyclic amines) is 1. The van der Waals surface area contributed by atoms with Gasteiger partial charge in [-0.15, -0.1) is 12.4 Å². The van der Waals surface area contributed by atoms with Gasteiger partial charge in [-0.3, -0.25) is 9.78 Å². The Morgan fingerprint density at radius 3 is 2.81 bits per heavy atom. The van der Waals surface area contributed by atoms with Crippen molar-refractivity contribution in [2.75, 3.05) is 13.1 Å². The molecule has 31 heavy (non-hydrogen) atoms. The fourth-order valence-corrected chi connectivity index (χ4v) is 4.13. The molecule has 1 fully saturated rings. The molecule has 2 atom stereocenters. The topological polar surface area (TPSA) is 68.5 Å². The standard InChI is InChI=1S/C23H23ClFN3O2.ClH/c1-14(23(29)28-10-2-3-16(26)13-28)30-17-5-7-20-18(8-9-27-22(20)12-17)19-6-4-15(25)11-21(19)24;/h4-9,11-12,14,16H,2-3,10,13,26H2,1H3;1H/t14-,16+;/m1./s1. The first kappa shape index (κ1) is 23.3. The molecule has 1 amide bonds. The molecule has 1 aliphatic heterocycles. The molecule has 8 heteroatoms. The van der Waals surface area contributed by atoms with Crippen LogP contribution in [0, 0.1) is 5.82 Å². The van der Waals surface area contributed by atoms with Crippen LogP contribution in [-0.4, -0.2) is 41.0 Å². The van der Waals surface area contributed by atoms with Crippen LogP contribution in [0.25, 0.3) is 22.0 Å². The number of halogens is 3. The molecule has 0 unspecified atom stereocenters. The van der Waals surface area contributed by atoms with Crippen molar-refractivity contribution in [3.8, 4) is 16.9 Å². The summed E-state index contributed by atoms with van der Waals surface area (Å²) in [5.74, 6) is 0.107. The fourth-order valence-electron chi connectivity index (χ4n) is 3.87. The number of fused-ring (bicyclic) bond motifs is 1. The van der Waals surface area contributed by atoms with E-state index in [4.69, 9.17) is 22.1 Å². The van der Waals surface area contributed by atoms with Gasteiger partial charge >= 0.3 is 0 Å². The average molecular weight is 464 g/mol. The van der Waals surface area contributed by atoms with Gasteiger partial charge in [-0.05, 0) is 61.7 Å². The van der Waals surface area contributed by atoms with Crippen molar-refractivity contribution in [2.45, 2.75) is 31.9 Å². The van der Waals surface area contributed by atoms with Gasteiger partial charge in [0.15, 0.2) is 6.10 Å². The number of piperidine rings is 1. The van der Waals surface area contributed by atoms with Gasteiger partial charge in [-0.25, -0.2) is 4.39 Å². The van der Waals surface area contributed by atoms with E-state index in [1.807, 2.05) is 12.1 Å². The van der Waals surface area contributed by atoms with E-state index in [1.165, 1.54) is 12.1 Å². The minimum Gasteiger partial charge on any atom is -0.481 e. The van der Waals surface area contributed by atoms with Crippen molar-refractivity contribution >= 4 is 40.8 Å². The van der Waals surface area contributed by atoms with Crippen molar-refractivity contribution in [2.24, 2.45) is 5.73 Å². The molecule has 2 heterocycles. The zero-order valence-corrected chi connectivity index (χ0v) is 18.6. The Labute approximate surface area is 191 Å². The monoisotopic (exact) mass is 463 g/mol. The van der Waals surface area contributed by atoms with E-state index in [9.17, 15) is 9.18 Å². The predicted molar refractivity (Wildman–Crippen MR) is 123 cm³/mol. The number of hydrogen-bond donors (Lipinski definition) is 1. The minimum atomic E-state index is -0.623. The lowest BCUT2D eigenvalue weighted by Gasteiger charge is -2.32. The zero-order valence-electron chi connectivity index (χ0n) is 17.1. The summed E-state index contributed by atoms with van der Waals surface area (Å²) < 4.78 is 19.3. The molecule has 4 rings (SSSR count). The van der Waals surface area contributed by atoms with Gasteiger partial charge in [0.2, 0.25) is 0 Å². The van der Waals surface area contributed by atoms with E-state index in [0.29, 0.717) is 29.4 Å². The normalized spacial score (nSPS) is 17.2. The maximum atomic E-state index is 13.4. The van der Waals surface area contributed by atoms with Crippen molar-refractivity contribution in [3.63, 3.8) is 0 Å². The lowest BCUT2D eigenvalue weighted by Crippen LogP contribution is -2.49. The molecule has 1 saturated heterocycles. The summed E-state index contributed by atoms with van der Waals surface area (Å²) in [7, 11) is 0. The third kappa shape index (κ3) is 5.09.